The molecule has 1 heterocycles. The molecule has 0 bridgehead atoms. The summed E-state index contributed by atoms with van der Waals surface area (Å²) >= 11 is 6.90. The van der Waals surface area contributed by atoms with Crippen LogP contribution in [0.2, 0.25) is 5.02 Å². The van der Waals surface area contributed by atoms with Crippen molar-refractivity contribution < 1.29 is 27.5 Å². The highest BCUT2D eigenvalue weighted by Crippen LogP contribution is 2.37. The summed E-state index contributed by atoms with van der Waals surface area (Å²) in [7, 11) is 1.46. The van der Waals surface area contributed by atoms with Crippen LogP contribution in [-0.4, -0.2) is 29.3 Å². The fourth-order valence-electron chi connectivity index (χ4n) is 2.64. The van der Waals surface area contributed by atoms with Crippen LogP contribution in [0.15, 0.2) is 47.5 Å². The highest BCUT2D eigenvalue weighted by Gasteiger charge is 2.35. The molecule has 30 heavy (non-hydrogen) atoms. The molecule has 2 N–H and O–H groups in total. The van der Waals surface area contributed by atoms with Gasteiger partial charge in [-0.2, -0.15) is 13.2 Å². The van der Waals surface area contributed by atoms with E-state index in [9.17, 15) is 22.8 Å². The molecule has 0 aromatic heterocycles. The van der Waals surface area contributed by atoms with Crippen LogP contribution < -0.4 is 15.4 Å². The molecule has 0 radical (unpaired) electrons. The number of aliphatic imine (C=N–C) groups is 1. The fourth-order valence-corrected chi connectivity index (χ4v) is 3.88. The van der Waals surface area contributed by atoms with Crippen LogP contribution in [0, 0.1) is 0 Å². The van der Waals surface area contributed by atoms with E-state index in [0.717, 1.165) is 17.8 Å². The molecule has 0 aliphatic carbocycles. The van der Waals surface area contributed by atoms with Gasteiger partial charge in [0.05, 0.1) is 23.4 Å². The molecule has 0 spiro atoms. The zero-order valence-electron chi connectivity index (χ0n) is 15.4. The number of thioether (sulfide) groups is 1. The molecular formula is C19H15ClF3N3O3S. The van der Waals surface area contributed by atoms with E-state index in [-0.39, 0.29) is 17.3 Å². The van der Waals surface area contributed by atoms with Crippen molar-refractivity contribution in [2.45, 2.75) is 17.8 Å². The minimum atomic E-state index is -4.58. The summed E-state index contributed by atoms with van der Waals surface area (Å²) in [5.41, 5.74) is -0.807. The van der Waals surface area contributed by atoms with E-state index in [0.29, 0.717) is 16.5 Å². The first kappa shape index (κ1) is 22.0. The number of carbonyl (C=O) groups is 2. The van der Waals surface area contributed by atoms with Gasteiger partial charge < -0.3 is 15.4 Å². The number of rotatable bonds is 5. The molecule has 1 unspecified atom stereocenters. The number of methoxy groups -OCH3 is 1. The number of amides is 2. The highest BCUT2D eigenvalue weighted by molar-refractivity contribution is 8.15. The lowest BCUT2D eigenvalue weighted by atomic mass is 10.2. The molecule has 11 heteroatoms. The van der Waals surface area contributed by atoms with Crippen LogP contribution in [0.1, 0.15) is 12.0 Å². The van der Waals surface area contributed by atoms with Crippen molar-refractivity contribution in [3.8, 4) is 5.75 Å². The van der Waals surface area contributed by atoms with Crippen LogP contribution >= 0.6 is 23.4 Å². The fraction of sp³-hybridized carbons (Fsp3) is 0.211. The predicted octanol–water partition coefficient (Wildman–Crippen LogP) is 4.62. The maximum atomic E-state index is 13.1. The summed E-state index contributed by atoms with van der Waals surface area (Å²) < 4.78 is 44.3. The van der Waals surface area contributed by atoms with Crippen molar-refractivity contribution in [3.05, 3.63) is 53.1 Å². The number of alkyl halides is 3. The van der Waals surface area contributed by atoms with Crippen LogP contribution in [0.25, 0.3) is 0 Å². The molecular weight excluding hydrogens is 443 g/mol. The van der Waals surface area contributed by atoms with Crippen molar-refractivity contribution >= 4 is 51.7 Å². The number of nitrogens with one attached hydrogen (secondary N) is 2. The van der Waals surface area contributed by atoms with E-state index >= 15 is 0 Å². The molecule has 1 aliphatic rings. The molecule has 0 saturated carbocycles. The molecule has 1 atom stereocenters. The molecule has 6 nitrogen and oxygen atoms in total. The molecule has 1 saturated heterocycles. The summed E-state index contributed by atoms with van der Waals surface area (Å²) in [5, 5.41) is 4.51. The summed E-state index contributed by atoms with van der Waals surface area (Å²) in [5.74, 6) is -0.521. The Hall–Kier alpha value is -2.72. The molecule has 1 fully saturated rings. The van der Waals surface area contributed by atoms with Gasteiger partial charge in [0.2, 0.25) is 11.8 Å². The lowest BCUT2D eigenvalue weighted by Crippen LogP contribution is -2.28. The minimum Gasteiger partial charge on any atom is -0.495 e. The van der Waals surface area contributed by atoms with E-state index in [1.807, 2.05) is 0 Å². The van der Waals surface area contributed by atoms with E-state index in [2.05, 4.69) is 15.6 Å². The second-order valence-corrected chi connectivity index (χ2v) is 7.73. The first-order valence-electron chi connectivity index (χ1n) is 8.53. The summed E-state index contributed by atoms with van der Waals surface area (Å²) in [6.45, 7) is 0. The number of nitrogens with zero attached hydrogens (tertiary/aromatic N) is 1. The topological polar surface area (TPSA) is 79.8 Å². The number of amidine groups is 1. The maximum absolute atomic E-state index is 13.1. The van der Waals surface area contributed by atoms with Gasteiger partial charge in [0.1, 0.15) is 11.0 Å². The number of para-hydroxylation sites is 1. The Morgan fingerprint density at radius 2 is 2.03 bits per heavy atom. The van der Waals surface area contributed by atoms with E-state index < -0.39 is 28.8 Å². The Bertz CT molecular complexity index is 1010. The summed E-state index contributed by atoms with van der Waals surface area (Å²) in [6, 6.07) is 9.46. The normalized spacial score (nSPS) is 17.7. The monoisotopic (exact) mass is 457 g/mol. The Balaban J connectivity index is 1.67. The van der Waals surface area contributed by atoms with Crippen LogP contribution in [0.4, 0.5) is 24.5 Å². The Labute approximate surface area is 178 Å². The van der Waals surface area contributed by atoms with Crippen LogP contribution in [0.5, 0.6) is 5.75 Å². The molecule has 2 amide bonds. The number of halogens is 4. The first-order valence-corrected chi connectivity index (χ1v) is 9.79. The second-order valence-electron chi connectivity index (χ2n) is 6.13. The number of hydrogen-bond donors (Lipinski definition) is 2. The van der Waals surface area contributed by atoms with E-state index in [1.165, 1.54) is 31.4 Å². The molecule has 1 aliphatic heterocycles. The average Bonchev–Trinajstić information content (AvgIpc) is 3.00. The van der Waals surface area contributed by atoms with Crippen molar-refractivity contribution in [2.75, 3.05) is 12.4 Å². The predicted molar refractivity (Wildman–Crippen MR) is 109 cm³/mol. The largest absolute Gasteiger partial charge is 0.495 e. The standard InChI is InChI=1S/C19H15ClF3N3O3S/c1-29-14-7-6-10(8-12(14)20)24-16(27)9-15-17(28)26-18(30-15)25-13-5-3-2-4-11(13)19(21,22)23/h2-8,15H,9H2,1H3,(H,24,27)(H,25,26,28). The zero-order chi connectivity index (χ0) is 21.9. The van der Waals surface area contributed by atoms with E-state index in [1.54, 1.807) is 12.1 Å². The van der Waals surface area contributed by atoms with Gasteiger partial charge >= 0.3 is 6.18 Å². The van der Waals surface area contributed by atoms with Gasteiger partial charge in [-0.05, 0) is 30.3 Å². The summed E-state index contributed by atoms with van der Waals surface area (Å²) in [4.78, 5) is 28.3. The van der Waals surface area contributed by atoms with Crippen molar-refractivity contribution in [1.82, 2.24) is 5.32 Å². The van der Waals surface area contributed by atoms with Gasteiger partial charge in [0, 0.05) is 12.1 Å². The lowest BCUT2D eigenvalue weighted by molar-refractivity contribution is -0.137. The van der Waals surface area contributed by atoms with E-state index in [4.69, 9.17) is 16.3 Å². The quantitative estimate of drug-likeness (QED) is 0.687. The van der Waals surface area contributed by atoms with Gasteiger partial charge in [-0.25, -0.2) is 4.99 Å². The molecule has 2 aromatic rings. The molecule has 2 aromatic carbocycles. The summed E-state index contributed by atoms with van der Waals surface area (Å²) in [6.07, 6.45) is -4.77. The third-order valence-electron chi connectivity index (χ3n) is 4.01. The number of benzene rings is 2. The lowest BCUT2D eigenvalue weighted by Gasteiger charge is -2.10. The van der Waals surface area contributed by atoms with Gasteiger partial charge in [-0.1, -0.05) is 35.5 Å². The Morgan fingerprint density at radius 1 is 1.30 bits per heavy atom. The molecule has 158 valence electrons. The van der Waals surface area contributed by atoms with Gasteiger partial charge in [0.25, 0.3) is 0 Å². The smallest absolute Gasteiger partial charge is 0.418 e. The zero-order valence-corrected chi connectivity index (χ0v) is 17.0. The third kappa shape index (κ3) is 5.25. The Morgan fingerprint density at radius 3 is 2.70 bits per heavy atom. The average molecular weight is 458 g/mol. The van der Waals surface area contributed by atoms with Gasteiger partial charge in [-0.3, -0.25) is 9.59 Å². The highest BCUT2D eigenvalue weighted by atomic mass is 35.5. The maximum Gasteiger partial charge on any atom is 0.418 e. The van der Waals surface area contributed by atoms with Gasteiger partial charge in [-0.15, -0.1) is 0 Å². The Kier molecular flexibility index (Phi) is 6.57. The van der Waals surface area contributed by atoms with Crippen LogP contribution in [0.3, 0.4) is 0 Å². The number of hydrogen-bond acceptors (Lipinski definition) is 5. The number of carbonyl (C=O) groups excluding carboxylic acids is 2. The minimum absolute atomic E-state index is 0.00184. The number of anilines is 1. The third-order valence-corrected chi connectivity index (χ3v) is 5.39. The van der Waals surface area contributed by atoms with Gasteiger partial charge in [0.15, 0.2) is 5.17 Å². The number of ether oxygens (including phenoxy) is 1. The van der Waals surface area contributed by atoms with Crippen molar-refractivity contribution in [2.24, 2.45) is 4.99 Å². The van der Waals surface area contributed by atoms with Crippen LogP contribution in [-0.2, 0) is 15.8 Å². The van der Waals surface area contributed by atoms with Crippen molar-refractivity contribution in [3.63, 3.8) is 0 Å². The van der Waals surface area contributed by atoms with Crippen molar-refractivity contribution in [1.29, 1.82) is 0 Å². The second kappa shape index (κ2) is 8.97. The first-order chi connectivity index (χ1) is 14.2. The molecule has 3 rings (SSSR count). The SMILES string of the molecule is COc1ccc(NC(=O)CC2SC(=Nc3ccccc3C(F)(F)F)NC2=O)cc1Cl.